The van der Waals surface area contributed by atoms with E-state index in [1.54, 1.807) is 6.20 Å². The SMILES string of the molecule is OCCCNc1nc(NCc2cccc(Br)c2)cc(-c2ccccn2)n1. The highest BCUT2D eigenvalue weighted by Gasteiger charge is 2.08. The molecule has 0 bridgehead atoms. The fourth-order valence-electron chi connectivity index (χ4n) is 2.38. The predicted molar refractivity (Wildman–Crippen MR) is 107 cm³/mol. The summed E-state index contributed by atoms with van der Waals surface area (Å²) in [5, 5.41) is 15.4. The molecule has 0 aliphatic rings. The van der Waals surface area contributed by atoms with Gasteiger partial charge in [0.15, 0.2) is 0 Å². The van der Waals surface area contributed by atoms with Crippen LogP contribution >= 0.6 is 15.9 Å². The number of aliphatic hydroxyl groups is 1. The molecule has 0 aliphatic heterocycles. The lowest BCUT2D eigenvalue weighted by Gasteiger charge is -2.11. The number of hydrogen-bond acceptors (Lipinski definition) is 6. The van der Waals surface area contributed by atoms with Crippen LogP contribution in [-0.4, -0.2) is 33.2 Å². The van der Waals surface area contributed by atoms with Crippen LogP contribution < -0.4 is 10.6 Å². The summed E-state index contributed by atoms with van der Waals surface area (Å²) in [5.41, 5.74) is 2.67. The first-order chi connectivity index (χ1) is 12.7. The van der Waals surface area contributed by atoms with Crippen molar-refractivity contribution in [2.45, 2.75) is 13.0 Å². The predicted octanol–water partition coefficient (Wildman–Crippen LogP) is 3.71. The Morgan fingerprint density at radius 1 is 0.962 bits per heavy atom. The molecule has 2 heterocycles. The molecule has 0 radical (unpaired) electrons. The molecule has 26 heavy (non-hydrogen) atoms. The van der Waals surface area contributed by atoms with Crippen molar-refractivity contribution in [3.63, 3.8) is 0 Å². The number of nitrogens with zero attached hydrogens (tertiary/aromatic N) is 3. The maximum atomic E-state index is 8.96. The molecular weight excluding hydrogens is 394 g/mol. The summed E-state index contributed by atoms with van der Waals surface area (Å²) in [6, 6.07) is 15.7. The van der Waals surface area contributed by atoms with Gasteiger partial charge in [0.1, 0.15) is 5.82 Å². The Bertz CT molecular complexity index is 844. The number of rotatable bonds is 8. The average Bonchev–Trinajstić information content (AvgIpc) is 2.67. The van der Waals surface area contributed by atoms with Crippen molar-refractivity contribution in [3.05, 3.63) is 64.8 Å². The topological polar surface area (TPSA) is 83.0 Å². The maximum absolute atomic E-state index is 8.96. The molecule has 0 saturated heterocycles. The van der Waals surface area contributed by atoms with E-state index in [0.29, 0.717) is 31.3 Å². The Morgan fingerprint density at radius 3 is 2.65 bits per heavy atom. The summed E-state index contributed by atoms with van der Waals surface area (Å²) >= 11 is 3.49. The molecule has 3 aromatic rings. The van der Waals surface area contributed by atoms with Crippen LogP contribution in [0.3, 0.4) is 0 Å². The van der Waals surface area contributed by atoms with E-state index < -0.39 is 0 Å². The first-order valence-electron chi connectivity index (χ1n) is 8.38. The van der Waals surface area contributed by atoms with Crippen LogP contribution in [0.5, 0.6) is 0 Å². The van der Waals surface area contributed by atoms with Crippen LogP contribution in [0.2, 0.25) is 0 Å². The van der Waals surface area contributed by atoms with Crippen LogP contribution in [-0.2, 0) is 6.54 Å². The van der Waals surface area contributed by atoms with Gasteiger partial charge in [0.2, 0.25) is 5.95 Å². The average molecular weight is 414 g/mol. The fraction of sp³-hybridized carbons (Fsp3) is 0.211. The number of benzene rings is 1. The molecule has 1 aromatic carbocycles. The molecule has 0 aliphatic carbocycles. The minimum Gasteiger partial charge on any atom is -0.396 e. The third kappa shape index (κ3) is 5.24. The van der Waals surface area contributed by atoms with Crippen molar-refractivity contribution < 1.29 is 5.11 Å². The number of hydrogen-bond donors (Lipinski definition) is 3. The lowest BCUT2D eigenvalue weighted by molar-refractivity contribution is 0.292. The standard InChI is InChI=1S/C19H20BrN5O/c20-15-6-3-5-14(11-15)13-23-18-12-17(16-7-1-2-8-21-16)24-19(25-18)22-9-4-10-26/h1-3,5-8,11-12,26H,4,9-10,13H2,(H2,22,23,24,25). The van der Waals surface area contributed by atoms with Gasteiger partial charge in [-0.25, -0.2) is 4.98 Å². The van der Waals surface area contributed by atoms with Gasteiger partial charge >= 0.3 is 0 Å². The van der Waals surface area contributed by atoms with Crippen molar-refractivity contribution in [2.75, 3.05) is 23.8 Å². The smallest absolute Gasteiger partial charge is 0.225 e. The highest BCUT2D eigenvalue weighted by Crippen LogP contribution is 2.20. The maximum Gasteiger partial charge on any atom is 0.225 e. The van der Waals surface area contributed by atoms with Gasteiger partial charge in [-0.05, 0) is 36.2 Å². The minimum atomic E-state index is 0.126. The van der Waals surface area contributed by atoms with Crippen LogP contribution in [0.4, 0.5) is 11.8 Å². The largest absolute Gasteiger partial charge is 0.396 e. The first kappa shape index (κ1) is 18.3. The third-order valence-electron chi connectivity index (χ3n) is 3.63. The van der Waals surface area contributed by atoms with E-state index in [-0.39, 0.29) is 6.61 Å². The molecule has 7 heteroatoms. The van der Waals surface area contributed by atoms with Gasteiger partial charge in [-0.1, -0.05) is 34.1 Å². The van der Waals surface area contributed by atoms with E-state index in [4.69, 9.17) is 5.11 Å². The highest BCUT2D eigenvalue weighted by atomic mass is 79.9. The normalized spacial score (nSPS) is 10.5. The highest BCUT2D eigenvalue weighted by molar-refractivity contribution is 9.10. The van der Waals surface area contributed by atoms with Gasteiger partial charge in [-0.2, -0.15) is 4.98 Å². The number of halogens is 1. The van der Waals surface area contributed by atoms with E-state index in [2.05, 4.69) is 53.6 Å². The van der Waals surface area contributed by atoms with Crippen LogP contribution in [0.1, 0.15) is 12.0 Å². The summed E-state index contributed by atoms with van der Waals surface area (Å²) in [5.74, 6) is 1.23. The van der Waals surface area contributed by atoms with Crippen molar-refractivity contribution in [3.8, 4) is 11.4 Å². The molecule has 0 unspecified atom stereocenters. The quantitative estimate of drug-likeness (QED) is 0.488. The summed E-state index contributed by atoms with van der Waals surface area (Å²) < 4.78 is 1.04. The van der Waals surface area contributed by atoms with Crippen molar-refractivity contribution in [1.82, 2.24) is 15.0 Å². The molecule has 3 N–H and O–H groups in total. The Hall–Kier alpha value is -2.51. The summed E-state index contributed by atoms with van der Waals surface area (Å²) in [6.07, 6.45) is 2.38. The second-order valence-electron chi connectivity index (χ2n) is 5.66. The van der Waals surface area contributed by atoms with E-state index in [0.717, 1.165) is 21.4 Å². The van der Waals surface area contributed by atoms with E-state index in [1.807, 2.05) is 36.4 Å². The molecule has 0 atom stereocenters. The molecule has 0 saturated carbocycles. The fourth-order valence-corrected chi connectivity index (χ4v) is 2.83. The van der Waals surface area contributed by atoms with Gasteiger partial charge in [0.05, 0.1) is 11.4 Å². The van der Waals surface area contributed by atoms with E-state index >= 15 is 0 Å². The van der Waals surface area contributed by atoms with Crippen LogP contribution in [0.25, 0.3) is 11.4 Å². The zero-order valence-corrected chi connectivity index (χ0v) is 15.8. The number of pyridine rings is 1. The van der Waals surface area contributed by atoms with Crippen molar-refractivity contribution in [1.29, 1.82) is 0 Å². The van der Waals surface area contributed by atoms with Gasteiger partial charge in [-0.15, -0.1) is 0 Å². The number of aliphatic hydroxyl groups excluding tert-OH is 1. The molecular formula is C19H20BrN5O. The van der Waals surface area contributed by atoms with Crippen molar-refractivity contribution in [2.24, 2.45) is 0 Å². The van der Waals surface area contributed by atoms with Gasteiger partial charge in [-0.3, -0.25) is 4.98 Å². The second kappa shape index (κ2) is 9.26. The van der Waals surface area contributed by atoms with Crippen molar-refractivity contribution >= 4 is 27.7 Å². The molecule has 134 valence electrons. The molecule has 0 amide bonds. The molecule has 2 aromatic heterocycles. The number of aromatic nitrogens is 3. The lowest BCUT2D eigenvalue weighted by atomic mass is 10.2. The molecule has 3 rings (SSSR count). The Kier molecular flexibility index (Phi) is 6.51. The summed E-state index contributed by atoms with van der Waals surface area (Å²) in [7, 11) is 0. The van der Waals surface area contributed by atoms with E-state index in [1.165, 1.54) is 0 Å². The van der Waals surface area contributed by atoms with Crippen LogP contribution in [0, 0.1) is 0 Å². The summed E-state index contributed by atoms with van der Waals surface area (Å²) in [4.78, 5) is 13.4. The summed E-state index contributed by atoms with van der Waals surface area (Å²) in [6.45, 7) is 1.38. The van der Waals surface area contributed by atoms with Gasteiger partial charge in [0, 0.05) is 36.4 Å². The first-order valence-corrected chi connectivity index (χ1v) is 9.17. The number of nitrogens with one attached hydrogen (secondary N) is 2. The Morgan fingerprint density at radius 2 is 1.88 bits per heavy atom. The van der Waals surface area contributed by atoms with Gasteiger partial charge in [0.25, 0.3) is 0 Å². The van der Waals surface area contributed by atoms with Crippen LogP contribution in [0.15, 0.2) is 59.2 Å². The minimum absolute atomic E-state index is 0.126. The van der Waals surface area contributed by atoms with E-state index in [9.17, 15) is 0 Å². The number of anilines is 2. The lowest BCUT2D eigenvalue weighted by Crippen LogP contribution is -2.10. The zero-order chi connectivity index (χ0) is 18.2. The monoisotopic (exact) mass is 413 g/mol. The molecule has 6 nitrogen and oxygen atoms in total. The molecule has 0 spiro atoms. The third-order valence-corrected chi connectivity index (χ3v) is 4.13. The second-order valence-corrected chi connectivity index (χ2v) is 6.58. The zero-order valence-electron chi connectivity index (χ0n) is 14.2. The van der Waals surface area contributed by atoms with Gasteiger partial charge < -0.3 is 15.7 Å². The molecule has 0 fully saturated rings. The Labute approximate surface area is 160 Å². The Balaban J connectivity index is 1.81.